The Kier molecular flexibility index (Phi) is 6.23. The topological polar surface area (TPSA) is 79.6 Å². The van der Waals surface area contributed by atoms with Crippen LogP contribution in [0, 0.1) is 12.7 Å². The molecule has 0 saturated carbocycles. The Bertz CT molecular complexity index is 1490. The number of para-hydroxylation sites is 2. The van der Waals surface area contributed by atoms with Crippen LogP contribution in [0.15, 0.2) is 76.5 Å². The summed E-state index contributed by atoms with van der Waals surface area (Å²) < 4.78 is 15.5. The molecule has 0 unspecified atom stereocenters. The van der Waals surface area contributed by atoms with Crippen molar-refractivity contribution in [2.24, 2.45) is 12.0 Å². The molecular weight excluding hydrogens is 433 g/mol. The number of amides is 1. The van der Waals surface area contributed by atoms with Gasteiger partial charge in [-0.2, -0.15) is 0 Å². The van der Waals surface area contributed by atoms with E-state index in [-0.39, 0.29) is 22.8 Å². The molecule has 0 radical (unpaired) electrons. The van der Waals surface area contributed by atoms with Gasteiger partial charge in [0.25, 0.3) is 11.5 Å². The molecule has 3 aromatic carbocycles. The number of nitrogens with one attached hydrogen (secondary N) is 1. The first-order chi connectivity index (χ1) is 16.3. The largest absolute Gasteiger partial charge is 0.378 e. The number of halogens is 1. The molecule has 4 rings (SSSR count). The zero-order chi connectivity index (χ0) is 24.4. The van der Waals surface area contributed by atoms with Gasteiger partial charge in [0.1, 0.15) is 5.82 Å². The van der Waals surface area contributed by atoms with Crippen LogP contribution in [0.2, 0.25) is 0 Å². The summed E-state index contributed by atoms with van der Waals surface area (Å²) in [6, 6.07) is 18.4. The van der Waals surface area contributed by atoms with Crippen molar-refractivity contribution in [3.05, 3.63) is 94.3 Å². The SMILES string of the molecule is Cc1cc(N(C)C)ccc1/N=C(\C(=O)Nc1ccccc1F)c1nc2ccccc2c(=O)n1C. The number of benzene rings is 3. The van der Waals surface area contributed by atoms with E-state index in [0.717, 1.165) is 11.3 Å². The van der Waals surface area contributed by atoms with Crippen molar-refractivity contribution in [1.29, 1.82) is 0 Å². The van der Waals surface area contributed by atoms with Crippen molar-refractivity contribution >= 4 is 39.6 Å². The highest BCUT2D eigenvalue weighted by molar-refractivity contribution is 6.48. The summed E-state index contributed by atoms with van der Waals surface area (Å²) in [5, 5.41) is 2.99. The van der Waals surface area contributed by atoms with E-state index in [2.05, 4.69) is 15.3 Å². The predicted octanol–water partition coefficient (Wildman–Crippen LogP) is 4.21. The molecule has 172 valence electrons. The molecule has 0 bridgehead atoms. The Labute approximate surface area is 196 Å². The fourth-order valence-electron chi connectivity index (χ4n) is 3.54. The Morgan fingerprint density at radius 2 is 1.76 bits per heavy atom. The Morgan fingerprint density at radius 3 is 2.47 bits per heavy atom. The molecular formula is C26H24FN5O2. The minimum atomic E-state index is -0.682. The average Bonchev–Trinajstić information content (AvgIpc) is 2.82. The highest BCUT2D eigenvalue weighted by Gasteiger charge is 2.22. The van der Waals surface area contributed by atoms with Crippen molar-refractivity contribution in [1.82, 2.24) is 9.55 Å². The van der Waals surface area contributed by atoms with Crippen LogP contribution in [-0.4, -0.2) is 35.3 Å². The highest BCUT2D eigenvalue weighted by Crippen LogP contribution is 2.25. The number of carbonyl (C=O) groups excluding carboxylic acids is 1. The molecule has 0 saturated heterocycles. The van der Waals surface area contributed by atoms with Crippen LogP contribution in [0.25, 0.3) is 10.9 Å². The molecule has 0 spiro atoms. The maximum atomic E-state index is 14.2. The van der Waals surface area contributed by atoms with E-state index in [1.807, 2.05) is 38.1 Å². The van der Waals surface area contributed by atoms with E-state index in [4.69, 9.17) is 0 Å². The lowest BCUT2D eigenvalue weighted by Gasteiger charge is -2.15. The van der Waals surface area contributed by atoms with Gasteiger partial charge in [0.05, 0.1) is 22.3 Å². The minimum absolute atomic E-state index is 0.00525. The second kappa shape index (κ2) is 9.27. The molecule has 0 aliphatic rings. The van der Waals surface area contributed by atoms with E-state index >= 15 is 0 Å². The van der Waals surface area contributed by atoms with E-state index in [9.17, 15) is 14.0 Å². The lowest BCUT2D eigenvalue weighted by molar-refractivity contribution is -0.110. The quantitative estimate of drug-likeness (QED) is 0.456. The number of carbonyl (C=O) groups is 1. The summed E-state index contributed by atoms with van der Waals surface area (Å²) in [5.74, 6) is -1.19. The summed E-state index contributed by atoms with van der Waals surface area (Å²) in [6.45, 7) is 1.88. The van der Waals surface area contributed by atoms with Gasteiger partial charge < -0.3 is 10.2 Å². The van der Waals surface area contributed by atoms with Gasteiger partial charge in [0, 0.05) is 26.8 Å². The Morgan fingerprint density at radius 1 is 1.06 bits per heavy atom. The first-order valence-corrected chi connectivity index (χ1v) is 10.6. The number of rotatable bonds is 5. The van der Waals surface area contributed by atoms with Crippen molar-refractivity contribution in [3.8, 4) is 0 Å². The normalized spacial score (nSPS) is 11.5. The number of fused-ring (bicyclic) bond motifs is 1. The zero-order valence-electron chi connectivity index (χ0n) is 19.3. The number of aryl methyl sites for hydroxylation is 1. The molecule has 1 N–H and O–H groups in total. The van der Waals surface area contributed by atoms with Crippen LogP contribution in [0.4, 0.5) is 21.5 Å². The first kappa shape index (κ1) is 22.8. The average molecular weight is 458 g/mol. The second-order valence-corrected chi connectivity index (χ2v) is 8.08. The van der Waals surface area contributed by atoms with Gasteiger partial charge in [-0.25, -0.2) is 14.4 Å². The van der Waals surface area contributed by atoms with E-state index in [1.54, 1.807) is 36.4 Å². The molecule has 7 nitrogen and oxygen atoms in total. The first-order valence-electron chi connectivity index (χ1n) is 10.6. The number of aromatic nitrogens is 2. The molecule has 1 amide bonds. The lowest BCUT2D eigenvalue weighted by Crippen LogP contribution is -2.32. The van der Waals surface area contributed by atoms with Crippen molar-refractivity contribution in [2.45, 2.75) is 6.92 Å². The molecule has 1 aromatic heterocycles. The molecule has 0 fully saturated rings. The second-order valence-electron chi connectivity index (χ2n) is 8.08. The van der Waals surface area contributed by atoms with Gasteiger partial charge in [-0.1, -0.05) is 24.3 Å². The summed E-state index contributed by atoms with van der Waals surface area (Å²) >= 11 is 0. The van der Waals surface area contributed by atoms with Gasteiger partial charge in [0.2, 0.25) is 0 Å². The molecule has 34 heavy (non-hydrogen) atoms. The van der Waals surface area contributed by atoms with Crippen LogP contribution >= 0.6 is 0 Å². The molecule has 8 heteroatoms. The van der Waals surface area contributed by atoms with Crippen LogP contribution in [-0.2, 0) is 11.8 Å². The fraction of sp³-hybridized carbons (Fsp3) is 0.154. The molecule has 4 aromatic rings. The predicted molar refractivity (Wildman–Crippen MR) is 134 cm³/mol. The van der Waals surface area contributed by atoms with Crippen molar-refractivity contribution in [3.63, 3.8) is 0 Å². The fourth-order valence-corrected chi connectivity index (χ4v) is 3.54. The Balaban J connectivity index is 1.91. The third kappa shape index (κ3) is 4.43. The smallest absolute Gasteiger partial charge is 0.278 e. The van der Waals surface area contributed by atoms with E-state index < -0.39 is 11.7 Å². The van der Waals surface area contributed by atoms with Crippen LogP contribution in [0.1, 0.15) is 11.4 Å². The van der Waals surface area contributed by atoms with Crippen LogP contribution in [0.5, 0.6) is 0 Å². The maximum Gasteiger partial charge on any atom is 0.278 e. The number of nitrogens with zero attached hydrogens (tertiary/aromatic N) is 4. The molecule has 0 atom stereocenters. The summed E-state index contributed by atoms with van der Waals surface area (Å²) in [7, 11) is 5.39. The van der Waals surface area contributed by atoms with Crippen molar-refractivity contribution < 1.29 is 9.18 Å². The summed E-state index contributed by atoms with van der Waals surface area (Å²) in [6.07, 6.45) is 0. The monoisotopic (exact) mass is 457 g/mol. The maximum absolute atomic E-state index is 14.2. The van der Waals surface area contributed by atoms with Gasteiger partial charge in [-0.3, -0.25) is 14.2 Å². The van der Waals surface area contributed by atoms with Gasteiger partial charge in [-0.15, -0.1) is 0 Å². The van der Waals surface area contributed by atoms with Crippen LogP contribution in [0.3, 0.4) is 0 Å². The number of anilines is 2. The lowest BCUT2D eigenvalue weighted by atomic mass is 10.1. The van der Waals surface area contributed by atoms with Crippen LogP contribution < -0.4 is 15.8 Å². The number of hydrogen-bond donors (Lipinski definition) is 1. The Hall–Kier alpha value is -4.33. The van der Waals surface area contributed by atoms with Gasteiger partial charge in [0.15, 0.2) is 11.5 Å². The summed E-state index contributed by atoms with van der Waals surface area (Å²) in [5.41, 5.74) is 2.36. The third-order valence-electron chi connectivity index (χ3n) is 5.46. The molecule has 0 aliphatic carbocycles. The van der Waals surface area contributed by atoms with E-state index in [1.165, 1.54) is 29.8 Å². The number of hydrogen-bond acceptors (Lipinski definition) is 5. The third-order valence-corrected chi connectivity index (χ3v) is 5.46. The van der Waals surface area contributed by atoms with E-state index in [0.29, 0.717) is 16.6 Å². The molecule has 0 aliphatic heterocycles. The summed E-state index contributed by atoms with van der Waals surface area (Å²) in [4.78, 5) is 37.5. The zero-order valence-corrected chi connectivity index (χ0v) is 19.3. The minimum Gasteiger partial charge on any atom is -0.378 e. The standard InChI is InChI=1S/C26H24FN5O2/c1-16-15-17(31(2)3)13-14-20(16)28-23(25(33)30-22-12-8-6-10-19(22)27)24-29-21-11-7-5-9-18(21)26(34)32(24)4/h5-15H,1-4H3,(H,30,33)/b28-23-. The number of aliphatic imine (C=N–C) groups is 1. The molecule has 1 heterocycles. The van der Waals surface area contributed by atoms with Gasteiger partial charge in [-0.05, 0) is 55.0 Å². The van der Waals surface area contributed by atoms with Gasteiger partial charge >= 0.3 is 0 Å². The highest BCUT2D eigenvalue weighted by atomic mass is 19.1. The van der Waals surface area contributed by atoms with Crippen molar-refractivity contribution in [2.75, 3.05) is 24.3 Å².